The number of unbranched alkanes of at least 4 members (excludes halogenated alkanes) is 8. The fourth-order valence-electron chi connectivity index (χ4n) is 5.58. The zero-order valence-electron chi connectivity index (χ0n) is 21.8. The molecule has 0 radical (unpaired) electrons. The van der Waals surface area contributed by atoms with E-state index in [1.165, 1.54) is 89.9 Å². The van der Waals surface area contributed by atoms with Gasteiger partial charge >= 0.3 is 192 Å². The average Bonchev–Trinajstić information content (AvgIpc) is 2.74. The molecule has 0 N–H and O–H groups in total. The Morgan fingerprint density at radius 3 is 1.14 bits per heavy atom. The topological polar surface area (TPSA) is 0 Å². The van der Waals surface area contributed by atoms with Crippen LogP contribution in [0.2, 0.25) is 17.7 Å². The van der Waals surface area contributed by atoms with Crippen LogP contribution in [0.15, 0.2) is 0 Å². The summed E-state index contributed by atoms with van der Waals surface area (Å²) in [5, 5.41) is 0. The molecular formula is C28H60Sn. The van der Waals surface area contributed by atoms with E-state index in [1.54, 1.807) is 30.6 Å². The fraction of sp³-hybridized carbons (Fsp3) is 1.00. The molecule has 0 spiro atoms. The summed E-state index contributed by atoms with van der Waals surface area (Å²) in [6, 6.07) is 0. The molecule has 0 nitrogen and oxygen atoms in total. The minimum absolute atomic E-state index is 1.06. The zero-order valence-corrected chi connectivity index (χ0v) is 24.7. The Morgan fingerprint density at radius 1 is 0.448 bits per heavy atom. The first kappa shape index (κ1) is 29.8. The Bertz CT molecular complexity index is 292. The maximum absolute atomic E-state index is 2.50. The van der Waals surface area contributed by atoms with Crippen molar-refractivity contribution in [1.82, 2.24) is 0 Å². The molecule has 2 atom stereocenters. The van der Waals surface area contributed by atoms with Crippen molar-refractivity contribution in [3.63, 3.8) is 0 Å². The van der Waals surface area contributed by atoms with Crippen molar-refractivity contribution >= 4 is 18.4 Å². The third-order valence-corrected chi connectivity index (χ3v) is 24.0. The molecule has 29 heavy (non-hydrogen) atoms. The first-order valence-electron chi connectivity index (χ1n) is 14.1. The molecule has 0 amide bonds. The van der Waals surface area contributed by atoms with Crippen molar-refractivity contribution in [3.05, 3.63) is 0 Å². The summed E-state index contributed by atoms with van der Waals surface area (Å²) in [5.74, 6) is 2.12. The van der Waals surface area contributed by atoms with E-state index in [9.17, 15) is 0 Å². The molecule has 0 saturated heterocycles. The van der Waals surface area contributed by atoms with Crippen LogP contribution in [-0.2, 0) is 0 Å². The Balaban J connectivity index is 5.36. The van der Waals surface area contributed by atoms with Gasteiger partial charge in [0.1, 0.15) is 0 Å². The van der Waals surface area contributed by atoms with Gasteiger partial charge in [0.2, 0.25) is 0 Å². The summed E-state index contributed by atoms with van der Waals surface area (Å²) < 4.78 is 6.94. The Kier molecular flexibility index (Phi) is 21.3. The van der Waals surface area contributed by atoms with Gasteiger partial charge in [0.15, 0.2) is 0 Å². The second kappa shape index (κ2) is 20.7. The standard InChI is InChI=1S/2C8H17.2C6H13.Sn/c2*1-4-6-7-8(3)5-2;2*1-3-5-6-4-2;/h2*8H,3-7H2,1-2H3;2*1,3-6H2,2H3;. The van der Waals surface area contributed by atoms with E-state index in [2.05, 4.69) is 41.5 Å². The Labute approximate surface area is 191 Å². The Morgan fingerprint density at radius 2 is 0.828 bits per heavy atom. The van der Waals surface area contributed by atoms with Crippen molar-refractivity contribution in [2.24, 2.45) is 11.8 Å². The van der Waals surface area contributed by atoms with Gasteiger partial charge in [0.05, 0.1) is 0 Å². The van der Waals surface area contributed by atoms with Crippen molar-refractivity contribution in [1.29, 1.82) is 0 Å². The number of rotatable bonds is 22. The normalized spacial score (nSPS) is 14.3. The van der Waals surface area contributed by atoms with Crippen LogP contribution in [0.5, 0.6) is 0 Å². The zero-order chi connectivity index (χ0) is 21.8. The molecule has 0 aliphatic rings. The predicted octanol–water partition coefficient (Wildman–Crippen LogP) is 11.0. The summed E-state index contributed by atoms with van der Waals surface area (Å²) in [4.78, 5) is 0. The monoisotopic (exact) mass is 516 g/mol. The van der Waals surface area contributed by atoms with Crippen LogP contribution in [0.25, 0.3) is 0 Å². The molecule has 2 unspecified atom stereocenters. The maximum atomic E-state index is 2.50. The SMILES string of the molecule is CCCCC[CH2][Sn]([CH2]CCCCC)([CH2]C(CC)CCCC)[CH2]C(CC)CCCC. The first-order chi connectivity index (χ1) is 14.1. The van der Waals surface area contributed by atoms with Gasteiger partial charge in [-0.2, -0.15) is 0 Å². The number of hydrogen-bond acceptors (Lipinski definition) is 0. The summed E-state index contributed by atoms with van der Waals surface area (Å²) in [5.41, 5.74) is 0. The summed E-state index contributed by atoms with van der Waals surface area (Å²) >= 11 is -2.09. The predicted molar refractivity (Wildman–Crippen MR) is 140 cm³/mol. The fourth-order valence-corrected chi connectivity index (χ4v) is 24.6. The third kappa shape index (κ3) is 15.3. The second-order valence-corrected chi connectivity index (χ2v) is 24.1. The summed E-state index contributed by atoms with van der Waals surface area (Å²) in [6.45, 7) is 14.5. The van der Waals surface area contributed by atoms with Crippen molar-refractivity contribution in [3.8, 4) is 0 Å². The third-order valence-electron chi connectivity index (χ3n) is 7.65. The van der Waals surface area contributed by atoms with Crippen LogP contribution in [0.3, 0.4) is 0 Å². The van der Waals surface area contributed by atoms with Gasteiger partial charge in [-0.3, -0.25) is 0 Å². The molecule has 0 saturated carbocycles. The molecule has 176 valence electrons. The molecule has 0 rings (SSSR count). The molecule has 0 aliphatic carbocycles. The van der Waals surface area contributed by atoms with Crippen molar-refractivity contribution in [2.45, 2.75) is 162 Å². The van der Waals surface area contributed by atoms with Crippen LogP contribution in [0.1, 0.15) is 144 Å². The number of hydrogen-bond donors (Lipinski definition) is 0. The minimum atomic E-state index is -2.09. The molecule has 0 heterocycles. The molecule has 0 aromatic heterocycles. The van der Waals surface area contributed by atoms with Crippen LogP contribution < -0.4 is 0 Å². The van der Waals surface area contributed by atoms with E-state index >= 15 is 0 Å². The van der Waals surface area contributed by atoms with Crippen LogP contribution >= 0.6 is 0 Å². The molecule has 0 aromatic rings. The molecule has 0 aliphatic heterocycles. The van der Waals surface area contributed by atoms with Crippen LogP contribution in [-0.4, -0.2) is 18.4 Å². The van der Waals surface area contributed by atoms with Crippen molar-refractivity contribution in [2.75, 3.05) is 0 Å². The van der Waals surface area contributed by atoms with Crippen molar-refractivity contribution < 1.29 is 0 Å². The Hall–Kier alpha value is 0.799. The molecular weight excluding hydrogens is 455 g/mol. The van der Waals surface area contributed by atoms with Crippen LogP contribution in [0.4, 0.5) is 0 Å². The van der Waals surface area contributed by atoms with E-state index < -0.39 is 18.4 Å². The van der Waals surface area contributed by atoms with E-state index in [4.69, 9.17) is 0 Å². The van der Waals surface area contributed by atoms with E-state index in [-0.39, 0.29) is 0 Å². The molecule has 0 fully saturated rings. The van der Waals surface area contributed by atoms with Gasteiger partial charge in [0.25, 0.3) is 0 Å². The average molecular weight is 515 g/mol. The van der Waals surface area contributed by atoms with Gasteiger partial charge in [-0.1, -0.05) is 0 Å². The van der Waals surface area contributed by atoms with E-state index in [1.807, 2.05) is 0 Å². The van der Waals surface area contributed by atoms with Gasteiger partial charge in [-0.15, -0.1) is 0 Å². The second-order valence-electron chi connectivity index (χ2n) is 10.4. The van der Waals surface area contributed by atoms with Gasteiger partial charge in [0, 0.05) is 0 Å². The van der Waals surface area contributed by atoms with Gasteiger partial charge in [-0.25, -0.2) is 0 Å². The van der Waals surface area contributed by atoms with Gasteiger partial charge in [-0.05, 0) is 0 Å². The summed E-state index contributed by atoms with van der Waals surface area (Å²) in [7, 11) is 0. The van der Waals surface area contributed by atoms with E-state index in [0.29, 0.717) is 0 Å². The van der Waals surface area contributed by atoms with Gasteiger partial charge < -0.3 is 0 Å². The molecule has 0 bridgehead atoms. The van der Waals surface area contributed by atoms with E-state index in [0.717, 1.165) is 11.8 Å². The van der Waals surface area contributed by atoms with Crippen LogP contribution in [0, 0.1) is 11.8 Å². The quantitative estimate of drug-likeness (QED) is 0.0994. The molecule has 0 aromatic carbocycles. The summed E-state index contributed by atoms with van der Waals surface area (Å²) in [6.07, 6.45) is 23.6. The molecule has 1 heteroatoms. The first-order valence-corrected chi connectivity index (χ1v) is 22.2.